The lowest BCUT2D eigenvalue weighted by Crippen LogP contribution is -2.63. The zero-order valence-electron chi connectivity index (χ0n) is 28.9. The van der Waals surface area contributed by atoms with Crippen LogP contribution in [0.25, 0.3) is 0 Å². The summed E-state index contributed by atoms with van der Waals surface area (Å²) in [4.78, 5) is 54.7. The lowest BCUT2D eigenvalue weighted by Gasteiger charge is -2.42. The highest BCUT2D eigenvalue weighted by molar-refractivity contribution is 6.35. The summed E-state index contributed by atoms with van der Waals surface area (Å²) in [5.41, 5.74) is -0.871. The molecule has 3 amide bonds. The first-order valence-electron chi connectivity index (χ1n) is 15.8. The molecule has 1 aromatic rings. The van der Waals surface area contributed by atoms with Gasteiger partial charge in [-0.15, -0.1) is 0 Å². The van der Waals surface area contributed by atoms with Crippen LogP contribution < -0.4 is 15.0 Å². The van der Waals surface area contributed by atoms with E-state index in [9.17, 15) is 24.3 Å². The Bertz CT molecular complexity index is 1500. The quantitative estimate of drug-likeness (QED) is 0.346. The number of amides is 3. The number of halogens is 1. The Morgan fingerprint density at radius 1 is 1.25 bits per heavy atom. The number of nitrogens with one attached hydrogen (secondary N) is 1. The fraction of sp³-hybridized carbons (Fsp3) is 0.588. The summed E-state index contributed by atoms with van der Waals surface area (Å²) < 4.78 is 28.9. The molecule has 48 heavy (non-hydrogen) atoms. The summed E-state index contributed by atoms with van der Waals surface area (Å²) in [7, 11) is 5.97. The average Bonchev–Trinajstić information content (AvgIpc) is 3.73. The van der Waals surface area contributed by atoms with Gasteiger partial charge < -0.3 is 38.6 Å². The SMILES string of the molecule is COc1cc2cc(c1Cl)N(C)C(=O)C[C@H](OC(=O)[C@H](C)N(C)C(C)=O)[C@@]1(C)O[C@H]1[C@@H](C)[C@H]1C[C@@](O)(NC(=O)O1)[C@H](OC)C=CC=C(C)C2. The van der Waals surface area contributed by atoms with Gasteiger partial charge in [0.15, 0.2) is 5.72 Å². The van der Waals surface area contributed by atoms with Crippen molar-refractivity contribution in [1.82, 2.24) is 10.2 Å². The van der Waals surface area contributed by atoms with Crippen LogP contribution in [0.5, 0.6) is 5.75 Å². The summed E-state index contributed by atoms with van der Waals surface area (Å²) >= 11 is 6.71. The fourth-order valence-electron chi connectivity index (χ4n) is 6.27. The molecule has 4 rings (SSSR count). The fourth-order valence-corrected chi connectivity index (χ4v) is 6.59. The van der Waals surface area contributed by atoms with E-state index in [0.717, 1.165) is 11.1 Å². The molecular formula is C34H46ClN3O10. The van der Waals surface area contributed by atoms with Crippen molar-refractivity contribution in [2.45, 2.75) is 95.7 Å². The highest BCUT2D eigenvalue weighted by Crippen LogP contribution is 2.49. The van der Waals surface area contributed by atoms with E-state index >= 15 is 0 Å². The predicted octanol–water partition coefficient (Wildman–Crippen LogP) is 3.53. The minimum absolute atomic E-state index is 0.0436. The number of hydrogen-bond acceptors (Lipinski definition) is 10. The van der Waals surface area contributed by atoms with E-state index in [0.29, 0.717) is 17.9 Å². The number of ether oxygens (including phenoxy) is 5. The zero-order valence-corrected chi connectivity index (χ0v) is 29.6. The van der Waals surface area contributed by atoms with Crippen LogP contribution in [0.1, 0.15) is 53.0 Å². The number of fused-ring (bicyclic) bond motifs is 5. The molecule has 0 saturated carbocycles. The molecule has 3 aliphatic rings. The summed E-state index contributed by atoms with van der Waals surface area (Å²) in [6, 6.07) is 2.63. The lowest BCUT2D eigenvalue weighted by molar-refractivity contribution is -0.161. The molecule has 0 spiro atoms. The van der Waals surface area contributed by atoms with E-state index in [-0.39, 0.29) is 23.8 Å². The van der Waals surface area contributed by atoms with Crippen molar-refractivity contribution in [3.8, 4) is 5.75 Å². The third-order valence-corrected chi connectivity index (χ3v) is 10.0. The standard InChI is InChI=1S/C34H46ClN3O10/c1-18-11-10-12-26(45-9)34(43)17-25(46-32(42)36-34)19(2)30-33(5,48-30)27(47-31(41)20(3)37(6)21(4)39)16-28(40)38(7)23-14-22(13-18)15-24(44-8)29(23)35/h10-12,14-15,19-20,25-27,30,43H,13,16-17H2,1-9H3,(H,36,42)/t19-,20-,25+,26+,27-,30-,33+,34-/m0/s1. The Kier molecular flexibility index (Phi) is 11.2. The molecule has 4 bridgehead atoms. The summed E-state index contributed by atoms with van der Waals surface area (Å²) in [6.07, 6.45) is 1.02. The van der Waals surface area contributed by atoms with Crippen molar-refractivity contribution >= 4 is 41.2 Å². The van der Waals surface area contributed by atoms with Crippen LogP contribution in [0.2, 0.25) is 5.02 Å². The molecule has 3 heterocycles. The number of esters is 1. The third-order valence-electron chi connectivity index (χ3n) is 9.63. The number of carbonyl (C=O) groups is 4. The van der Waals surface area contributed by atoms with Gasteiger partial charge in [-0.1, -0.05) is 42.3 Å². The number of rotatable bonds is 5. The van der Waals surface area contributed by atoms with Gasteiger partial charge in [0.05, 0.1) is 25.3 Å². The number of aliphatic hydroxyl groups is 1. The second-order valence-electron chi connectivity index (χ2n) is 13.0. The largest absolute Gasteiger partial charge is 0.495 e. The molecule has 3 aliphatic heterocycles. The van der Waals surface area contributed by atoms with Gasteiger partial charge in [0.25, 0.3) is 0 Å². The molecule has 0 radical (unpaired) electrons. The molecule has 2 fully saturated rings. The Labute approximate surface area is 286 Å². The summed E-state index contributed by atoms with van der Waals surface area (Å²) in [6.45, 7) is 8.29. The topological polar surface area (TPSA) is 156 Å². The van der Waals surface area contributed by atoms with E-state index in [1.54, 1.807) is 45.2 Å². The minimum Gasteiger partial charge on any atom is -0.495 e. The molecule has 13 nitrogen and oxygen atoms in total. The van der Waals surface area contributed by atoms with Crippen LogP contribution in [-0.4, -0.2) is 104 Å². The number of likely N-dealkylation sites (N-methyl/N-ethyl adjacent to an activating group) is 1. The maximum atomic E-state index is 14.0. The zero-order chi connectivity index (χ0) is 35.7. The molecule has 2 saturated heterocycles. The van der Waals surface area contributed by atoms with Gasteiger partial charge in [-0.2, -0.15) is 0 Å². The van der Waals surface area contributed by atoms with Crippen LogP contribution in [0.3, 0.4) is 0 Å². The number of hydrogen-bond donors (Lipinski definition) is 2. The van der Waals surface area contributed by atoms with Crippen LogP contribution in [-0.2, 0) is 39.8 Å². The van der Waals surface area contributed by atoms with Crippen LogP contribution in [0.15, 0.2) is 35.9 Å². The summed E-state index contributed by atoms with van der Waals surface area (Å²) in [5.74, 6) is -1.63. The van der Waals surface area contributed by atoms with Crippen molar-refractivity contribution < 1.29 is 48.0 Å². The molecule has 0 unspecified atom stereocenters. The van der Waals surface area contributed by atoms with Crippen molar-refractivity contribution in [2.75, 3.05) is 33.2 Å². The Balaban J connectivity index is 1.80. The average molecular weight is 692 g/mol. The molecule has 2 N–H and O–H groups in total. The highest BCUT2D eigenvalue weighted by atomic mass is 35.5. The van der Waals surface area contributed by atoms with E-state index in [1.807, 2.05) is 13.0 Å². The van der Waals surface area contributed by atoms with E-state index < -0.39 is 65.7 Å². The molecule has 0 aliphatic carbocycles. The molecule has 264 valence electrons. The number of alkyl carbamates (subject to hydrolysis) is 1. The van der Waals surface area contributed by atoms with Gasteiger partial charge in [0.1, 0.15) is 40.7 Å². The number of carbonyl (C=O) groups excluding carboxylic acids is 4. The van der Waals surface area contributed by atoms with Crippen LogP contribution in [0, 0.1) is 5.92 Å². The van der Waals surface area contributed by atoms with E-state index in [2.05, 4.69) is 5.32 Å². The minimum atomic E-state index is -1.81. The third kappa shape index (κ3) is 7.64. The van der Waals surface area contributed by atoms with Crippen LogP contribution in [0.4, 0.5) is 10.5 Å². The molecule has 1 aromatic carbocycles. The van der Waals surface area contributed by atoms with Gasteiger partial charge in [-0.25, -0.2) is 9.59 Å². The Hall–Kier alpha value is -3.65. The van der Waals surface area contributed by atoms with Crippen molar-refractivity contribution in [2.24, 2.45) is 5.92 Å². The van der Waals surface area contributed by atoms with Crippen molar-refractivity contribution in [1.29, 1.82) is 0 Å². The lowest BCUT2D eigenvalue weighted by atomic mass is 9.83. The second kappa shape index (κ2) is 14.5. The van der Waals surface area contributed by atoms with Gasteiger partial charge in [-0.05, 0) is 44.9 Å². The molecule has 0 aromatic heterocycles. The number of epoxide rings is 1. The summed E-state index contributed by atoms with van der Waals surface area (Å²) in [5, 5.41) is 14.4. The van der Waals surface area contributed by atoms with Crippen molar-refractivity contribution in [3.05, 3.63) is 46.5 Å². The highest BCUT2D eigenvalue weighted by Gasteiger charge is 2.64. The Morgan fingerprint density at radius 3 is 2.56 bits per heavy atom. The molecule has 8 atom stereocenters. The Morgan fingerprint density at radius 2 is 1.94 bits per heavy atom. The van der Waals surface area contributed by atoms with Crippen LogP contribution >= 0.6 is 11.6 Å². The predicted molar refractivity (Wildman–Crippen MR) is 177 cm³/mol. The van der Waals surface area contributed by atoms with E-state index in [4.69, 9.17) is 35.3 Å². The molecule has 14 heteroatoms. The van der Waals surface area contributed by atoms with Gasteiger partial charge in [-0.3, -0.25) is 14.9 Å². The number of allylic oxidation sites excluding steroid dienone is 3. The van der Waals surface area contributed by atoms with Gasteiger partial charge >= 0.3 is 12.1 Å². The normalized spacial score (nSPS) is 31.4. The number of anilines is 1. The number of nitrogens with zero attached hydrogens (tertiary/aromatic N) is 2. The smallest absolute Gasteiger partial charge is 0.409 e. The number of methoxy groups -OCH3 is 2. The van der Waals surface area contributed by atoms with Gasteiger partial charge in [0.2, 0.25) is 11.8 Å². The second-order valence-corrected chi connectivity index (χ2v) is 13.4. The first-order valence-corrected chi connectivity index (χ1v) is 16.2. The van der Waals surface area contributed by atoms with Gasteiger partial charge in [0, 0.05) is 40.5 Å². The maximum absolute atomic E-state index is 14.0. The van der Waals surface area contributed by atoms with E-state index in [1.165, 1.54) is 44.9 Å². The number of benzene rings is 1. The first kappa shape index (κ1) is 37.2. The molecular weight excluding hydrogens is 646 g/mol. The first-order chi connectivity index (χ1) is 22.4. The van der Waals surface area contributed by atoms with Crippen molar-refractivity contribution in [3.63, 3.8) is 0 Å². The maximum Gasteiger partial charge on any atom is 0.409 e. The monoisotopic (exact) mass is 691 g/mol.